The average Bonchev–Trinajstić information content (AvgIpc) is 2.28. The first kappa shape index (κ1) is 12.4. The third kappa shape index (κ3) is 3.45. The predicted molar refractivity (Wildman–Crippen MR) is 65.4 cm³/mol. The molecule has 2 fully saturated rings. The number of nitrogens with one attached hydrogen (secondary N) is 1. The molecule has 2 amide bonds. The van der Waals surface area contributed by atoms with Crippen molar-refractivity contribution in [2.24, 2.45) is 5.92 Å². The second-order valence-electron chi connectivity index (χ2n) is 5.15. The minimum atomic E-state index is -0.0181. The van der Waals surface area contributed by atoms with Crippen molar-refractivity contribution in [3.05, 3.63) is 0 Å². The highest BCUT2D eigenvalue weighted by Crippen LogP contribution is 2.24. The van der Waals surface area contributed by atoms with Gasteiger partial charge in [-0.1, -0.05) is 32.1 Å². The van der Waals surface area contributed by atoms with Gasteiger partial charge in [-0.05, 0) is 12.8 Å². The van der Waals surface area contributed by atoms with E-state index in [1.165, 1.54) is 19.3 Å². The van der Waals surface area contributed by atoms with Gasteiger partial charge in [0.15, 0.2) is 0 Å². The zero-order valence-electron chi connectivity index (χ0n) is 10.4. The Kier molecular flexibility index (Phi) is 4.40. The summed E-state index contributed by atoms with van der Waals surface area (Å²) in [6.45, 7) is 1.55. The highest BCUT2D eigenvalue weighted by Gasteiger charge is 2.27. The summed E-state index contributed by atoms with van der Waals surface area (Å²) < 4.78 is 0. The van der Waals surface area contributed by atoms with Gasteiger partial charge in [0, 0.05) is 19.0 Å². The van der Waals surface area contributed by atoms with Crippen LogP contribution in [0.2, 0.25) is 0 Å². The molecule has 0 radical (unpaired) electrons. The molecule has 0 spiro atoms. The fraction of sp³-hybridized carbons (Fsp3) is 0.846. The standard InChI is InChI=1S/C13H22N2O2/c16-12-10-15(9-8-14-12)13(17)11-6-4-2-1-3-5-7-11/h11H,1-10H2,(H,14,16). The second-order valence-corrected chi connectivity index (χ2v) is 5.15. The maximum atomic E-state index is 12.3. The molecular formula is C13H22N2O2. The number of carbonyl (C=O) groups is 2. The maximum Gasteiger partial charge on any atom is 0.239 e. The van der Waals surface area contributed by atoms with E-state index in [0.29, 0.717) is 13.1 Å². The first-order chi connectivity index (χ1) is 8.27. The Balaban J connectivity index is 1.90. The molecule has 4 nitrogen and oxygen atoms in total. The van der Waals surface area contributed by atoms with E-state index < -0.39 is 0 Å². The largest absolute Gasteiger partial charge is 0.353 e. The van der Waals surface area contributed by atoms with Gasteiger partial charge in [0.2, 0.25) is 11.8 Å². The molecule has 1 aliphatic heterocycles. The van der Waals surface area contributed by atoms with Gasteiger partial charge in [0.05, 0.1) is 6.54 Å². The molecule has 1 saturated heterocycles. The summed E-state index contributed by atoms with van der Waals surface area (Å²) in [6.07, 6.45) is 8.17. The van der Waals surface area contributed by atoms with E-state index in [1.807, 2.05) is 0 Å². The van der Waals surface area contributed by atoms with Gasteiger partial charge in [0.1, 0.15) is 0 Å². The Morgan fingerprint density at radius 2 is 1.76 bits per heavy atom. The molecule has 0 aromatic heterocycles. The number of hydrogen-bond donors (Lipinski definition) is 1. The van der Waals surface area contributed by atoms with E-state index in [0.717, 1.165) is 25.7 Å². The van der Waals surface area contributed by atoms with Gasteiger partial charge in [-0.25, -0.2) is 0 Å². The number of carbonyl (C=O) groups excluding carboxylic acids is 2. The summed E-state index contributed by atoms with van der Waals surface area (Å²) in [5.41, 5.74) is 0. The van der Waals surface area contributed by atoms with Crippen LogP contribution in [0.15, 0.2) is 0 Å². The molecule has 1 N–H and O–H groups in total. The van der Waals surface area contributed by atoms with Gasteiger partial charge < -0.3 is 10.2 Å². The van der Waals surface area contributed by atoms with E-state index in [1.54, 1.807) is 4.90 Å². The number of hydrogen-bond acceptors (Lipinski definition) is 2. The maximum absolute atomic E-state index is 12.3. The van der Waals surface area contributed by atoms with E-state index in [9.17, 15) is 9.59 Å². The summed E-state index contributed by atoms with van der Waals surface area (Å²) in [6, 6.07) is 0. The molecule has 1 heterocycles. The highest BCUT2D eigenvalue weighted by molar-refractivity contribution is 5.86. The summed E-state index contributed by atoms with van der Waals surface area (Å²) in [4.78, 5) is 25.3. The van der Waals surface area contributed by atoms with Crippen LogP contribution in [0.3, 0.4) is 0 Å². The molecule has 1 aliphatic carbocycles. The lowest BCUT2D eigenvalue weighted by atomic mass is 9.90. The lowest BCUT2D eigenvalue weighted by Crippen LogP contribution is -2.51. The molecule has 0 atom stereocenters. The van der Waals surface area contributed by atoms with Crippen molar-refractivity contribution < 1.29 is 9.59 Å². The summed E-state index contributed by atoms with van der Waals surface area (Å²) in [5, 5.41) is 2.76. The van der Waals surface area contributed by atoms with Crippen molar-refractivity contribution in [2.45, 2.75) is 44.9 Å². The number of rotatable bonds is 1. The van der Waals surface area contributed by atoms with Crippen LogP contribution in [0.4, 0.5) is 0 Å². The molecule has 17 heavy (non-hydrogen) atoms. The van der Waals surface area contributed by atoms with Crippen molar-refractivity contribution in [1.29, 1.82) is 0 Å². The molecule has 0 aromatic carbocycles. The lowest BCUT2D eigenvalue weighted by molar-refractivity contribution is -0.142. The Morgan fingerprint density at radius 1 is 1.12 bits per heavy atom. The third-order valence-electron chi connectivity index (χ3n) is 3.80. The smallest absolute Gasteiger partial charge is 0.239 e. The Hall–Kier alpha value is -1.06. The Bertz CT molecular complexity index is 283. The monoisotopic (exact) mass is 238 g/mol. The topological polar surface area (TPSA) is 49.4 Å². The van der Waals surface area contributed by atoms with E-state index in [-0.39, 0.29) is 24.3 Å². The molecule has 0 bridgehead atoms. The fourth-order valence-electron chi connectivity index (χ4n) is 2.79. The van der Waals surface area contributed by atoms with Crippen LogP contribution in [0.1, 0.15) is 44.9 Å². The zero-order chi connectivity index (χ0) is 12.1. The van der Waals surface area contributed by atoms with Crippen LogP contribution in [0.5, 0.6) is 0 Å². The van der Waals surface area contributed by atoms with Crippen molar-refractivity contribution in [3.8, 4) is 0 Å². The van der Waals surface area contributed by atoms with Gasteiger partial charge in [0.25, 0.3) is 0 Å². The van der Waals surface area contributed by atoms with Crippen LogP contribution in [-0.2, 0) is 9.59 Å². The Labute approximate surface area is 103 Å². The van der Waals surface area contributed by atoms with Crippen molar-refractivity contribution in [1.82, 2.24) is 10.2 Å². The highest BCUT2D eigenvalue weighted by atomic mass is 16.2. The molecule has 4 heteroatoms. The number of amides is 2. The van der Waals surface area contributed by atoms with Gasteiger partial charge in [-0.2, -0.15) is 0 Å². The van der Waals surface area contributed by atoms with Crippen molar-refractivity contribution >= 4 is 11.8 Å². The normalized spacial score (nSPS) is 23.8. The third-order valence-corrected chi connectivity index (χ3v) is 3.80. The first-order valence-electron chi connectivity index (χ1n) is 6.83. The quantitative estimate of drug-likeness (QED) is 0.748. The molecular weight excluding hydrogens is 216 g/mol. The molecule has 1 saturated carbocycles. The van der Waals surface area contributed by atoms with Crippen LogP contribution in [0, 0.1) is 5.92 Å². The first-order valence-corrected chi connectivity index (χ1v) is 6.83. The summed E-state index contributed by atoms with van der Waals surface area (Å²) >= 11 is 0. The SMILES string of the molecule is O=C1CN(C(=O)C2CCCCCCC2)CCN1. The fourth-order valence-corrected chi connectivity index (χ4v) is 2.79. The van der Waals surface area contributed by atoms with E-state index >= 15 is 0 Å². The minimum absolute atomic E-state index is 0.0181. The van der Waals surface area contributed by atoms with Crippen molar-refractivity contribution in [2.75, 3.05) is 19.6 Å². The molecule has 2 rings (SSSR count). The van der Waals surface area contributed by atoms with E-state index in [4.69, 9.17) is 0 Å². The molecule has 0 aromatic rings. The molecule has 0 unspecified atom stereocenters. The number of piperazine rings is 1. The molecule has 2 aliphatic rings. The minimum Gasteiger partial charge on any atom is -0.353 e. The molecule has 96 valence electrons. The van der Waals surface area contributed by atoms with Crippen LogP contribution < -0.4 is 5.32 Å². The summed E-state index contributed by atoms with van der Waals surface area (Å²) in [7, 11) is 0. The number of nitrogens with zero attached hydrogens (tertiary/aromatic N) is 1. The Morgan fingerprint density at radius 3 is 2.41 bits per heavy atom. The van der Waals surface area contributed by atoms with E-state index in [2.05, 4.69) is 5.32 Å². The van der Waals surface area contributed by atoms with Crippen LogP contribution in [-0.4, -0.2) is 36.3 Å². The van der Waals surface area contributed by atoms with Crippen molar-refractivity contribution in [3.63, 3.8) is 0 Å². The van der Waals surface area contributed by atoms with Gasteiger partial charge >= 0.3 is 0 Å². The summed E-state index contributed by atoms with van der Waals surface area (Å²) in [5.74, 6) is 0.360. The second kappa shape index (κ2) is 6.03. The van der Waals surface area contributed by atoms with Crippen LogP contribution >= 0.6 is 0 Å². The lowest BCUT2D eigenvalue weighted by Gasteiger charge is -2.30. The van der Waals surface area contributed by atoms with Crippen LogP contribution in [0.25, 0.3) is 0 Å². The van der Waals surface area contributed by atoms with Gasteiger partial charge in [-0.3, -0.25) is 9.59 Å². The predicted octanol–water partition coefficient (Wildman–Crippen LogP) is 1.31. The average molecular weight is 238 g/mol. The zero-order valence-corrected chi connectivity index (χ0v) is 10.4. The van der Waals surface area contributed by atoms with Gasteiger partial charge in [-0.15, -0.1) is 0 Å².